The van der Waals surface area contributed by atoms with E-state index < -0.39 is 0 Å². The van der Waals surface area contributed by atoms with E-state index in [2.05, 4.69) is 30.9 Å². The average molecular weight is 530 g/mol. The Bertz CT molecular complexity index is 1370. The van der Waals surface area contributed by atoms with Crippen molar-refractivity contribution in [2.75, 3.05) is 44.3 Å². The number of rotatable bonds is 4. The second kappa shape index (κ2) is 10.3. The number of piperidine rings is 1. The number of hydrogen-bond acceptors (Lipinski definition) is 6. The van der Waals surface area contributed by atoms with Crippen molar-refractivity contribution in [3.05, 3.63) is 58.6 Å². The number of aromatic nitrogens is 1. The van der Waals surface area contributed by atoms with E-state index in [1.54, 1.807) is 11.3 Å². The molecule has 2 saturated heterocycles. The number of thiophene rings is 1. The van der Waals surface area contributed by atoms with Gasteiger partial charge in [-0.05, 0) is 66.5 Å². The van der Waals surface area contributed by atoms with Crippen LogP contribution in [0, 0.1) is 5.41 Å². The summed E-state index contributed by atoms with van der Waals surface area (Å²) in [7, 11) is 0. The van der Waals surface area contributed by atoms with Gasteiger partial charge in [-0.3, -0.25) is 14.6 Å². The second-order valence-corrected chi connectivity index (χ2v) is 12.5. The number of Topliss-reactive ketones (excluding diaryl/α,β-unsaturated/α-hetero) is 1. The number of nitrogens with zero attached hydrogens (tertiary/aromatic N) is 3. The Hall–Kier alpha value is -3.03. The Morgan fingerprint density at radius 2 is 1.76 bits per heavy atom. The summed E-state index contributed by atoms with van der Waals surface area (Å²) in [5.74, 6) is 0.352. The zero-order valence-electron chi connectivity index (χ0n) is 22.3. The predicted molar refractivity (Wildman–Crippen MR) is 152 cm³/mol. The molecule has 198 valence electrons. The standard InChI is InChI=1S/C31H35N3O3S/c1-31(2)19-24-27(30(34-13-15-37-16-14-34)38-28(24)26(35)20-31)22-9-10-32-25(18-22)21-7-6-8-23(17-21)29(36)33-11-4-3-5-12-33/h6-10,17-18H,3-5,11-16,19-20H2,1-2H3. The highest BCUT2D eigenvalue weighted by molar-refractivity contribution is 7.19. The summed E-state index contributed by atoms with van der Waals surface area (Å²) in [5, 5.41) is 1.16. The van der Waals surface area contributed by atoms with Crippen LogP contribution < -0.4 is 4.90 Å². The number of anilines is 1. The number of ketones is 1. The number of benzene rings is 1. The maximum atomic E-state index is 13.2. The van der Waals surface area contributed by atoms with E-state index in [1.807, 2.05) is 35.4 Å². The number of morpholine rings is 1. The van der Waals surface area contributed by atoms with Crippen LogP contribution in [-0.4, -0.2) is 61.0 Å². The van der Waals surface area contributed by atoms with Crippen LogP contribution in [0.1, 0.15) is 65.1 Å². The molecule has 0 spiro atoms. The van der Waals surface area contributed by atoms with Crippen LogP contribution in [0.2, 0.25) is 0 Å². The first-order valence-electron chi connectivity index (χ1n) is 13.8. The molecule has 0 saturated carbocycles. The van der Waals surface area contributed by atoms with Crippen molar-refractivity contribution < 1.29 is 14.3 Å². The number of amides is 1. The maximum Gasteiger partial charge on any atom is 0.253 e. The van der Waals surface area contributed by atoms with E-state index in [0.717, 1.165) is 77.7 Å². The van der Waals surface area contributed by atoms with Gasteiger partial charge in [0.05, 0.1) is 28.8 Å². The van der Waals surface area contributed by atoms with Crippen LogP contribution in [0.5, 0.6) is 0 Å². The summed E-state index contributed by atoms with van der Waals surface area (Å²) in [6.07, 6.45) is 6.66. The summed E-state index contributed by atoms with van der Waals surface area (Å²) in [6, 6.07) is 12.0. The van der Waals surface area contributed by atoms with Crippen molar-refractivity contribution in [2.24, 2.45) is 5.41 Å². The van der Waals surface area contributed by atoms with Gasteiger partial charge in [0.2, 0.25) is 0 Å². The molecular formula is C31H35N3O3S. The maximum absolute atomic E-state index is 13.2. The van der Waals surface area contributed by atoms with Crippen molar-refractivity contribution >= 4 is 28.0 Å². The molecule has 0 unspecified atom stereocenters. The fourth-order valence-electron chi connectivity index (χ4n) is 6.02. The lowest BCUT2D eigenvalue weighted by Gasteiger charge is -2.30. The third kappa shape index (κ3) is 4.90. The monoisotopic (exact) mass is 529 g/mol. The van der Waals surface area contributed by atoms with Gasteiger partial charge in [-0.2, -0.15) is 0 Å². The SMILES string of the molecule is CC1(C)CC(=O)c2sc(N3CCOCC3)c(-c3ccnc(-c4cccc(C(=O)N5CCCCC5)c4)c3)c2C1. The van der Waals surface area contributed by atoms with Crippen LogP contribution in [0.4, 0.5) is 5.00 Å². The molecular weight excluding hydrogens is 494 g/mol. The van der Waals surface area contributed by atoms with Crippen LogP contribution in [-0.2, 0) is 11.2 Å². The molecule has 2 fully saturated rings. The van der Waals surface area contributed by atoms with Crippen LogP contribution in [0.15, 0.2) is 42.6 Å². The Morgan fingerprint density at radius 3 is 2.55 bits per heavy atom. The smallest absolute Gasteiger partial charge is 0.253 e. The van der Waals surface area contributed by atoms with Gasteiger partial charge in [0, 0.05) is 55.5 Å². The van der Waals surface area contributed by atoms with E-state index in [4.69, 9.17) is 9.72 Å². The lowest BCUT2D eigenvalue weighted by atomic mass is 9.75. The Morgan fingerprint density at radius 1 is 0.974 bits per heavy atom. The van der Waals surface area contributed by atoms with E-state index in [0.29, 0.717) is 25.2 Å². The molecule has 3 aliphatic rings. The van der Waals surface area contributed by atoms with Crippen LogP contribution >= 0.6 is 11.3 Å². The largest absolute Gasteiger partial charge is 0.378 e. The molecule has 0 radical (unpaired) electrons. The summed E-state index contributed by atoms with van der Waals surface area (Å²) in [6.45, 7) is 9.07. The topological polar surface area (TPSA) is 62.7 Å². The zero-order chi connectivity index (χ0) is 26.3. The molecule has 2 aliphatic heterocycles. The molecule has 0 bridgehead atoms. The van der Waals surface area contributed by atoms with Gasteiger partial charge in [0.25, 0.3) is 5.91 Å². The molecule has 4 heterocycles. The first-order chi connectivity index (χ1) is 18.4. The molecule has 1 aliphatic carbocycles. The number of pyridine rings is 1. The first-order valence-corrected chi connectivity index (χ1v) is 14.6. The van der Waals surface area contributed by atoms with Crippen molar-refractivity contribution in [3.8, 4) is 22.4 Å². The third-order valence-corrected chi connectivity index (χ3v) is 9.27. The molecule has 1 aromatic carbocycles. The van der Waals surface area contributed by atoms with Crippen molar-refractivity contribution in [2.45, 2.75) is 46.0 Å². The lowest BCUT2D eigenvalue weighted by molar-refractivity contribution is 0.0724. The zero-order valence-corrected chi connectivity index (χ0v) is 23.1. The Balaban J connectivity index is 1.40. The predicted octanol–water partition coefficient (Wildman–Crippen LogP) is 6.09. The van der Waals surface area contributed by atoms with Crippen molar-refractivity contribution in [1.29, 1.82) is 0 Å². The minimum Gasteiger partial charge on any atom is -0.378 e. The molecule has 7 heteroatoms. The van der Waals surface area contributed by atoms with E-state index in [1.165, 1.54) is 12.0 Å². The molecule has 38 heavy (non-hydrogen) atoms. The van der Waals surface area contributed by atoms with E-state index in [-0.39, 0.29) is 17.1 Å². The second-order valence-electron chi connectivity index (χ2n) is 11.5. The Kier molecular flexibility index (Phi) is 6.82. The summed E-state index contributed by atoms with van der Waals surface area (Å²) >= 11 is 1.65. The number of ether oxygens (including phenoxy) is 1. The van der Waals surface area contributed by atoms with Gasteiger partial charge in [0.1, 0.15) is 0 Å². The van der Waals surface area contributed by atoms with Gasteiger partial charge in [-0.15, -0.1) is 11.3 Å². The fraction of sp³-hybridized carbons (Fsp3) is 0.452. The van der Waals surface area contributed by atoms with Gasteiger partial charge >= 0.3 is 0 Å². The number of hydrogen-bond donors (Lipinski definition) is 0. The molecule has 2 aromatic heterocycles. The van der Waals surface area contributed by atoms with E-state index >= 15 is 0 Å². The molecule has 3 aromatic rings. The lowest BCUT2D eigenvalue weighted by Crippen LogP contribution is -2.36. The van der Waals surface area contributed by atoms with Gasteiger partial charge in [-0.25, -0.2) is 0 Å². The highest BCUT2D eigenvalue weighted by Crippen LogP contribution is 2.49. The molecule has 0 N–H and O–H groups in total. The van der Waals surface area contributed by atoms with Gasteiger partial charge in [0.15, 0.2) is 5.78 Å². The minimum absolute atomic E-state index is 0.0683. The van der Waals surface area contributed by atoms with Crippen LogP contribution in [0.25, 0.3) is 22.4 Å². The number of likely N-dealkylation sites (tertiary alicyclic amines) is 1. The summed E-state index contributed by atoms with van der Waals surface area (Å²) in [5.41, 5.74) is 5.83. The molecule has 1 amide bonds. The normalized spacial score (nSPS) is 19.4. The van der Waals surface area contributed by atoms with Crippen molar-refractivity contribution in [3.63, 3.8) is 0 Å². The van der Waals surface area contributed by atoms with E-state index in [9.17, 15) is 9.59 Å². The number of fused-ring (bicyclic) bond motifs is 1. The highest BCUT2D eigenvalue weighted by atomic mass is 32.1. The summed E-state index contributed by atoms with van der Waals surface area (Å²) in [4.78, 5) is 36.4. The first kappa shape index (κ1) is 25.3. The molecule has 6 nitrogen and oxygen atoms in total. The van der Waals surface area contributed by atoms with Gasteiger partial charge < -0.3 is 14.5 Å². The fourth-order valence-corrected chi connectivity index (χ4v) is 7.36. The van der Waals surface area contributed by atoms with Crippen LogP contribution in [0.3, 0.4) is 0 Å². The van der Waals surface area contributed by atoms with Gasteiger partial charge in [-0.1, -0.05) is 26.0 Å². The highest BCUT2D eigenvalue weighted by Gasteiger charge is 2.37. The Labute approximate surface area is 228 Å². The number of carbonyl (C=O) groups is 2. The summed E-state index contributed by atoms with van der Waals surface area (Å²) < 4.78 is 5.63. The molecule has 0 atom stereocenters. The molecule has 6 rings (SSSR count). The average Bonchev–Trinajstić information content (AvgIpc) is 3.32. The number of carbonyl (C=O) groups excluding carboxylic acids is 2. The third-order valence-electron chi connectivity index (χ3n) is 7.93. The van der Waals surface area contributed by atoms with Crippen molar-refractivity contribution in [1.82, 2.24) is 9.88 Å². The quantitative estimate of drug-likeness (QED) is 0.409. The minimum atomic E-state index is -0.0683.